The zero-order valence-electron chi connectivity index (χ0n) is 9.60. The molecular formula is C12H14N2OS. The van der Waals surface area contributed by atoms with Gasteiger partial charge in [0, 0.05) is 9.75 Å². The Balaban J connectivity index is 2.42. The summed E-state index contributed by atoms with van der Waals surface area (Å²) in [7, 11) is 0. The number of rotatable bonds is 3. The lowest BCUT2D eigenvalue weighted by Gasteiger charge is -2.14. The number of hydrogen-bond donors (Lipinski definition) is 0. The molecule has 0 saturated heterocycles. The van der Waals surface area contributed by atoms with E-state index in [0.29, 0.717) is 5.69 Å². The van der Waals surface area contributed by atoms with Crippen LogP contribution in [0.15, 0.2) is 18.6 Å². The zero-order valence-corrected chi connectivity index (χ0v) is 10.4. The first-order chi connectivity index (χ1) is 7.63. The lowest BCUT2D eigenvalue weighted by Crippen LogP contribution is -2.08. The highest BCUT2D eigenvalue weighted by atomic mass is 32.1. The number of hydrogen-bond acceptors (Lipinski definition) is 3. The van der Waals surface area contributed by atoms with Crippen molar-refractivity contribution in [3.05, 3.63) is 39.6 Å². The van der Waals surface area contributed by atoms with Crippen LogP contribution in [0.4, 0.5) is 0 Å². The second kappa shape index (κ2) is 4.22. The molecule has 0 fully saturated rings. The van der Waals surface area contributed by atoms with Crippen LogP contribution in [0.2, 0.25) is 0 Å². The number of aryl methyl sites for hydroxylation is 2. The molecule has 0 bridgehead atoms. The second-order valence-electron chi connectivity index (χ2n) is 3.89. The molecule has 2 heterocycles. The Hall–Kier alpha value is -1.42. The van der Waals surface area contributed by atoms with Crippen molar-refractivity contribution in [1.29, 1.82) is 0 Å². The average molecular weight is 234 g/mol. The molecule has 0 amide bonds. The molecule has 2 aromatic rings. The Kier molecular flexibility index (Phi) is 2.92. The standard InChI is InChI=1S/C12H14N2OS/c1-8-4-12(10(3)16-8)9(2)14-7-13-5-11(14)6-15/h4-7,9H,1-3H3. The van der Waals surface area contributed by atoms with Gasteiger partial charge in [-0.1, -0.05) is 0 Å². The lowest BCUT2D eigenvalue weighted by molar-refractivity contribution is 0.111. The van der Waals surface area contributed by atoms with Gasteiger partial charge in [-0.15, -0.1) is 11.3 Å². The first kappa shape index (κ1) is 11.1. The van der Waals surface area contributed by atoms with Gasteiger partial charge >= 0.3 is 0 Å². The monoisotopic (exact) mass is 234 g/mol. The van der Waals surface area contributed by atoms with Gasteiger partial charge in [0.2, 0.25) is 0 Å². The summed E-state index contributed by atoms with van der Waals surface area (Å²) in [6, 6.07) is 2.34. The first-order valence-corrected chi connectivity index (χ1v) is 5.99. The van der Waals surface area contributed by atoms with Gasteiger partial charge in [0.05, 0.1) is 18.6 Å². The van der Waals surface area contributed by atoms with E-state index in [9.17, 15) is 4.79 Å². The third-order valence-electron chi connectivity index (χ3n) is 2.76. The van der Waals surface area contributed by atoms with E-state index in [-0.39, 0.29) is 6.04 Å². The molecule has 0 aliphatic carbocycles. The van der Waals surface area contributed by atoms with Crippen molar-refractivity contribution in [2.75, 3.05) is 0 Å². The van der Waals surface area contributed by atoms with Crippen molar-refractivity contribution < 1.29 is 4.79 Å². The molecule has 0 N–H and O–H groups in total. The summed E-state index contributed by atoms with van der Waals surface area (Å²) in [4.78, 5) is 17.5. The molecule has 1 atom stereocenters. The van der Waals surface area contributed by atoms with E-state index in [1.165, 1.54) is 15.3 Å². The maximum atomic E-state index is 10.9. The summed E-state index contributed by atoms with van der Waals surface area (Å²) < 4.78 is 1.90. The molecule has 84 valence electrons. The van der Waals surface area contributed by atoms with E-state index >= 15 is 0 Å². The summed E-state index contributed by atoms with van der Waals surface area (Å²) in [5.74, 6) is 0. The van der Waals surface area contributed by atoms with Crippen LogP contribution >= 0.6 is 11.3 Å². The van der Waals surface area contributed by atoms with Crippen molar-refractivity contribution in [1.82, 2.24) is 9.55 Å². The molecule has 2 rings (SSSR count). The van der Waals surface area contributed by atoms with E-state index in [1.807, 2.05) is 4.57 Å². The Labute approximate surface area is 98.8 Å². The van der Waals surface area contributed by atoms with Crippen molar-refractivity contribution in [3.63, 3.8) is 0 Å². The summed E-state index contributed by atoms with van der Waals surface area (Å²) >= 11 is 1.79. The first-order valence-electron chi connectivity index (χ1n) is 5.17. The number of carbonyl (C=O) groups excluding carboxylic acids is 1. The van der Waals surface area contributed by atoms with E-state index in [1.54, 1.807) is 23.9 Å². The van der Waals surface area contributed by atoms with Crippen LogP contribution in [0.5, 0.6) is 0 Å². The van der Waals surface area contributed by atoms with Crippen LogP contribution in [0.25, 0.3) is 0 Å². The molecular weight excluding hydrogens is 220 g/mol. The van der Waals surface area contributed by atoms with Crippen molar-refractivity contribution in [3.8, 4) is 0 Å². The molecule has 4 heteroatoms. The molecule has 0 spiro atoms. The van der Waals surface area contributed by atoms with Gasteiger partial charge < -0.3 is 4.57 Å². The van der Waals surface area contributed by atoms with Gasteiger partial charge in [-0.25, -0.2) is 4.98 Å². The molecule has 0 aromatic carbocycles. The molecule has 2 aromatic heterocycles. The molecule has 16 heavy (non-hydrogen) atoms. The Morgan fingerprint density at radius 3 is 2.81 bits per heavy atom. The van der Waals surface area contributed by atoms with Gasteiger partial charge in [-0.2, -0.15) is 0 Å². The molecule has 1 unspecified atom stereocenters. The topological polar surface area (TPSA) is 34.9 Å². The normalized spacial score (nSPS) is 12.7. The van der Waals surface area contributed by atoms with Crippen LogP contribution in [0.3, 0.4) is 0 Å². The minimum Gasteiger partial charge on any atom is -0.321 e. The number of aromatic nitrogens is 2. The van der Waals surface area contributed by atoms with Crippen LogP contribution < -0.4 is 0 Å². The quantitative estimate of drug-likeness (QED) is 0.765. The SMILES string of the molecule is Cc1cc(C(C)n2cncc2C=O)c(C)s1. The summed E-state index contributed by atoms with van der Waals surface area (Å²) in [6.07, 6.45) is 4.15. The Morgan fingerprint density at radius 2 is 2.25 bits per heavy atom. The fourth-order valence-corrected chi connectivity index (χ4v) is 2.96. The lowest BCUT2D eigenvalue weighted by atomic mass is 10.1. The fraction of sp³-hybridized carbons (Fsp3) is 0.333. The molecule has 0 aliphatic rings. The predicted octanol–water partition coefficient (Wildman–Crippen LogP) is 2.98. The van der Waals surface area contributed by atoms with Crippen LogP contribution in [0.1, 0.15) is 38.8 Å². The maximum Gasteiger partial charge on any atom is 0.168 e. The molecule has 3 nitrogen and oxygen atoms in total. The highest BCUT2D eigenvalue weighted by Gasteiger charge is 2.15. The third-order valence-corrected chi connectivity index (χ3v) is 3.75. The van der Waals surface area contributed by atoms with Gasteiger partial charge in [0.25, 0.3) is 0 Å². The number of thiophene rings is 1. The van der Waals surface area contributed by atoms with Crippen LogP contribution in [-0.2, 0) is 0 Å². The second-order valence-corrected chi connectivity index (χ2v) is 5.35. The average Bonchev–Trinajstić information content (AvgIpc) is 2.83. The summed E-state index contributed by atoms with van der Waals surface area (Å²) in [6.45, 7) is 6.30. The van der Waals surface area contributed by atoms with Crippen molar-refractivity contribution in [2.45, 2.75) is 26.8 Å². The minimum atomic E-state index is 0.160. The summed E-state index contributed by atoms with van der Waals surface area (Å²) in [5.41, 5.74) is 1.89. The van der Waals surface area contributed by atoms with Crippen LogP contribution in [0, 0.1) is 13.8 Å². The highest BCUT2D eigenvalue weighted by Crippen LogP contribution is 2.28. The zero-order chi connectivity index (χ0) is 11.7. The molecule has 0 aliphatic heterocycles. The molecule has 0 saturated carbocycles. The number of aldehydes is 1. The fourth-order valence-electron chi connectivity index (χ4n) is 1.94. The van der Waals surface area contributed by atoms with Crippen LogP contribution in [-0.4, -0.2) is 15.8 Å². The van der Waals surface area contributed by atoms with Crippen molar-refractivity contribution in [2.24, 2.45) is 0 Å². The van der Waals surface area contributed by atoms with Crippen molar-refractivity contribution >= 4 is 17.6 Å². The highest BCUT2D eigenvalue weighted by molar-refractivity contribution is 7.12. The Bertz CT molecular complexity index is 513. The number of nitrogens with zero attached hydrogens (tertiary/aromatic N) is 2. The Morgan fingerprint density at radius 1 is 1.50 bits per heavy atom. The minimum absolute atomic E-state index is 0.160. The van der Waals surface area contributed by atoms with Gasteiger partial charge in [0.15, 0.2) is 6.29 Å². The summed E-state index contributed by atoms with van der Waals surface area (Å²) in [5, 5.41) is 0. The van der Waals surface area contributed by atoms with E-state index < -0.39 is 0 Å². The van der Waals surface area contributed by atoms with Gasteiger partial charge in [-0.3, -0.25) is 4.79 Å². The van der Waals surface area contributed by atoms with E-state index in [0.717, 1.165) is 6.29 Å². The smallest absolute Gasteiger partial charge is 0.168 e. The van der Waals surface area contributed by atoms with E-state index in [2.05, 4.69) is 31.8 Å². The van der Waals surface area contributed by atoms with E-state index in [4.69, 9.17) is 0 Å². The molecule has 0 radical (unpaired) electrons. The van der Waals surface area contributed by atoms with Gasteiger partial charge in [-0.05, 0) is 32.4 Å². The van der Waals surface area contributed by atoms with Gasteiger partial charge in [0.1, 0.15) is 5.69 Å². The largest absolute Gasteiger partial charge is 0.321 e. The predicted molar refractivity (Wildman–Crippen MR) is 65.2 cm³/mol. The number of imidazole rings is 1. The maximum absolute atomic E-state index is 10.9. The third kappa shape index (κ3) is 1.80. The number of carbonyl (C=O) groups is 1.